The van der Waals surface area contributed by atoms with Crippen molar-refractivity contribution in [2.45, 2.75) is 6.61 Å². The normalized spacial score (nSPS) is 11.0. The first-order valence-corrected chi connectivity index (χ1v) is 9.12. The van der Waals surface area contributed by atoms with E-state index in [2.05, 4.69) is 9.97 Å². The zero-order valence-electron chi connectivity index (χ0n) is 14.4. The number of aromatic amines is 1. The molecule has 4 aromatic rings. The topological polar surface area (TPSA) is 55.0 Å². The Kier molecular flexibility index (Phi) is 5.03. The number of pyridine rings is 1. The number of halogens is 3. The van der Waals surface area contributed by atoms with Gasteiger partial charge in [-0.3, -0.25) is 4.79 Å². The standard InChI is InChI=1S/C21H13Cl2FN2O2/c22-13-5-3-12(4-6-13)11-28-17-8-7-16(24)18(19(17)23)20(27)15-10-26-21-14(15)2-1-9-25-21/h1-10H,11H2,(H,25,26). The van der Waals surface area contributed by atoms with E-state index < -0.39 is 11.6 Å². The minimum Gasteiger partial charge on any atom is -0.487 e. The van der Waals surface area contributed by atoms with Crippen LogP contribution >= 0.6 is 23.2 Å². The molecular weight excluding hydrogens is 402 g/mol. The SMILES string of the molecule is O=C(c1c(F)ccc(OCc2ccc(Cl)cc2)c1Cl)c1c[nH]c2ncccc12. The first-order chi connectivity index (χ1) is 13.5. The maximum absolute atomic E-state index is 14.5. The van der Waals surface area contributed by atoms with Gasteiger partial charge >= 0.3 is 0 Å². The number of aromatic nitrogens is 2. The smallest absolute Gasteiger partial charge is 0.199 e. The van der Waals surface area contributed by atoms with E-state index in [4.69, 9.17) is 27.9 Å². The van der Waals surface area contributed by atoms with E-state index in [0.717, 1.165) is 5.56 Å². The maximum Gasteiger partial charge on any atom is 0.199 e. The number of benzene rings is 2. The molecule has 0 saturated carbocycles. The maximum atomic E-state index is 14.5. The zero-order chi connectivity index (χ0) is 19.7. The van der Waals surface area contributed by atoms with E-state index in [1.165, 1.54) is 18.3 Å². The molecule has 0 bridgehead atoms. The van der Waals surface area contributed by atoms with Gasteiger partial charge in [0.05, 0.1) is 10.6 Å². The van der Waals surface area contributed by atoms with Crippen LogP contribution in [0.5, 0.6) is 5.75 Å². The van der Waals surface area contributed by atoms with Gasteiger partial charge in [0, 0.05) is 28.4 Å². The van der Waals surface area contributed by atoms with Crippen molar-refractivity contribution in [1.82, 2.24) is 9.97 Å². The summed E-state index contributed by atoms with van der Waals surface area (Å²) in [7, 11) is 0. The fourth-order valence-electron chi connectivity index (χ4n) is 2.87. The number of ether oxygens (including phenoxy) is 1. The lowest BCUT2D eigenvalue weighted by Gasteiger charge is -2.12. The first kappa shape index (κ1) is 18.5. The molecule has 0 atom stereocenters. The van der Waals surface area contributed by atoms with Crippen LogP contribution in [0.2, 0.25) is 10.0 Å². The molecule has 0 spiro atoms. The van der Waals surface area contributed by atoms with Crippen LogP contribution in [0.1, 0.15) is 21.5 Å². The van der Waals surface area contributed by atoms with Gasteiger partial charge in [0.25, 0.3) is 0 Å². The second kappa shape index (κ2) is 7.62. The predicted octanol–water partition coefficient (Wildman–Crippen LogP) is 5.82. The number of nitrogens with one attached hydrogen (secondary N) is 1. The van der Waals surface area contributed by atoms with Gasteiger partial charge in [-0.2, -0.15) is 0 Å². The molecule has 0 aliphatic heterocycles. The molecule has 0 saturated heterocycles. The van der Waals surface area contributed by atoms with Gasteiger partial charge in [-0.05, 0) is 42.0 Å². The fourth-order valence-corrected chi connectivity index (χ4v) is 3.29. The molecule has 2 heterocycles. The van der Waals surface area contributed by atoms with Crippen LogP contribution in [0.3, 0.4) is 0 Å². The Hall–Kier alpha value is -2.89. The molecule has 4 rings (SSSR count). The minimum atomic E-state index is -0.716. The largest absolute Gasteiger partial charge is 0.487 e. The minimum absolute atomic E-state index is 0.0720. The molecule has 4 nitrogen and oxygen atoms in total. The summed E-state index contributed by atoms with van der Waals surface area (Å²) in [5.41, 5.74) is 1.46. The van der Waals surface area contributed by atoms with Crippen LogP contribution in [0, 0.1) is 5.82 Å². The molecule has 2 aromatic carbocycles. The van der Waals surface area contributed by atoms with Gasteiger partial charge in [0.15, 0.2) is 5.78 Å². The van der Waals surface area contributed by atoms with Crippen molar-refractivity contribution in [3.05, 3.63) is 93.5 Å². The molecule has 2 aromatic heterocycles. The van der Waals surface area contributed by atoms with Gasteiger partial charge < -0.3 is 9.72 Å². The van der Waals surface area contributed by atoms with E-state index in [1.54, 1.807) is 30.5 Å². The fraction of sp³-hybridized carbons (Fsp3) is 0.0476. The van der Waals surface area contributed by atoms with E-state index >= 15 is 0 Å². The van der Waals surface area contributed by atoms with E-state index in [-0.39, 0.29) is 22.9 Å². The number of hydrogen-bond donors (Lipinski definition) is 1. The Bertz CT molecular complexity index is 1170. The molecule has 140 valence electrons. The van der Waals surface area contributed by atoms with Gasteiger partial charge in [0.1, 0.15) is 23.8 Å². The summed E-state index contributed by atoms with van der Waals surface area (Å²) in [5, 5.41) is 1.14. The zero-order valence-corrected chi connectivity index (χ0v) is 15.9. The number of hydrogen-bond acceptors (Lipinski definition) is 3. The molecular formula is C21H13Cl2FN2O2. The van der Waals surface area contributed by atoms with Crippen molar-refractivity contribution >= 4 is 40.0 Å². The van der Waals surface area contributed by atoms with Gasteiger partial charge in [0.2, 0.25) is 0 Å². The van der Waals surface area contributed by atoms with Crippen LogP contribution in [-0.2, 0) is 6.61 Å². The summed E-state index contributed by atoms with van der Waals surface area (Å²) in [6, 6.07) is 13.1. The van der Waals surface area contributed by atoms with Crippen LogP contribution < -0.4 is 4.74 Å². The number of carbonyl (C=O) groups excluding carboxylic acids is 1. The summed E-state index contributed by atoms with van der Waals surface area (Å²) >= 11 is 12.2. The lowest BCUT2D eigenvalue weighted by atomic mass is 10.0. The monoisotopic (exact) mass is 414 g/mol. The third kappa shape index (κ3) is 3.46. The van der Waals surface area contributed by atoms with Crippen molar-refractivity contribution in [3.63, 3.8) is 0 Å². The molecule has 1 N–H and O–H groups in total. The molecule has 28 heavy (non-hydrogen) atoms. The lowest BCUT2D eigenvalue weighted by molar-refractivity contribution is 0.103. The summed E-state index contributed by atoms with van der Waals surface area (Å²) < 4.78 is 20.2. The highest BCUT2D eigenvalue weighted by molar-refractivity contribution is 6.37. The predicted molar refractivity (Wildman–Crippen MR) is 107 cm³/mol. The van der Waals surface area contributed by atoms with Crippen molar-refractivity contribution in [2.24, 2.45) is 0 Å². The molecule has 7 heteroatoms. The number of fused-ring (bicyclic) bond motifs is 1. The number of ketones is 1. The molecule has 0 amide bonds. The van der Waals surface area contributed by atoms with Crippen molar-refractivity contribution in [1.29, 1.82) is 0 Å². The van der Waals surface area contributed by atoms with Gasteiger partial charge in [-0.1, -0.05) is 35.3 Å². The van der Waals surface area contributed by atoms with Crippen molar-refractivity contribution in [3.8, 4) is 5.75 Å². The summed E-state index contributed by atoms with van der Waals surface area (Å²) in [5.74, 6) is -1.04. The van der Waals surface area contributed by atoms with Crippen LogP contribution in [0.25, 0.3) is 11.0 Å². The molecule has 0 aliphatic carbocycles. The number of rotatable bonds is 5. The third-order valence-electron chi connectivity index (χ3n) is 4.29. The number of H-pyrrole nitrogens is 1. The van der Waals surface area contributed by atoms with Gasteiger partial charge in [-0.15, -0.1) is 0 Å². The van der Waals surface area contributed by atoms with E-state index in [1.807, 2.05) is 12.1 Å². The molecule has 0 aliphatic rings. The third-order valence-corrected chi connectivity index (χ3v) is 4.91. The summed E-state index contributed by atoms with van der Waals surface area (Å²) in [6.07, 6.45) is 3.10. The van der Waals surface area contributed by atoms with E-state index in [9.17, 15) is 9.18 Å². The Morgan fingerprint density at radius 2 is 1.89 bits per heavy atom. The van der Waals surface area contributed by atoms with Crippen molar-refractivity contribution < 1.29 is 13.9 Å². The second-order valence-corrected chi connectivity index (χ2v) is 6.90. The van der Waals surface area contributed by atoms with Crippen LogP contribution in [0.4, 0.5) is 4.39 Å². The summed E-state index contributed by atoms with van der Waals surface area (Å²) in [6.45, 7) is 0.202. The molecule has 0 fully saturated rings. The number of nitrogens with zero attached hydrogens (tertiary/aromatic N) is 1. The Morgan fingerprint density at radius 3 is 2.68 bits per heavy atom. The average molecular weight is 415 g/mol. The summed E-state index contributed by atoms with van der Waals surface area (Å²) in [4.78, 5) is 20.0. The Labute approximate surface area is 169 Å². The van der Waals surface area contributed by atoms with Crippen LogP contribution in [0.15, 0.2) is 60.9 Å². The first-order valence-electron chi connectivity index (χ1n) is 8.36. The average Bonchev–Trinajstić information content (AvgIpc) is 3.13. The number of carbonyl (C=O) groups is 1. The highest BCUT2D eigenvalue weighted by Gasteiger charge is 2.23. The highest BCUT2D eigenvalue weighted by Crippen LogP contribution is 2.33. The molecule has 0 unspecified atom stereocenters. The quantitative estimate of drug-likeness (QED) is 0.418. The van der Waals surface area contributed by atoms with Crippen LogP contribution in [-0.4, -0.2) is 15.8 Å². The Morgan fingerprint density at radius 1 is 1.11 bits per heavy atom. The Balaban J connectivity index is 1.66. The second-order valence-electron chi connectivity index (χ2n) is 6.08. The molecule has 0 radical (unpaired) electrons. The van der Waals surface area contributed by atoms with Gasteiger partial charge in [-0.25, -0.2) is 9.37 Å². The van der Waals surface area contributed by atoms with Crippen molar-refractivity contribution in [2.75, 3.05) is 0 Å². The lowest BCUT2D eigenvalue weighted by Crippen LogP contribution is -2.07. The highest BCUT2D eigenvalue weighted by atomic mass is 35.5. The van der Waals surface area contributed by atoms with E-state index in [0.29, 0.717) is 21.6 Å².